The third-order valence-corrected chi connectivity index (χ3v) is 5.26. The molecule has 46 heavy (non-hydrogen) atoms. The first kappa shape index (κ1) is 41.9. The molecule has 0 aromatic carbocycles. The van der Waals surface area contributed by atoms with Crippen molar-refractivity contribution in [2.24, 2.45) is 0 Å². The molecule has 0 aromatic heterocycles. The fourth-order valence-corrected chi connectivity index (χ4v) is 3.40. The van der Waals surface area contributed by atoms with Gasteiger partial charge in [-0.25, -0.2) is 19.2 Å². The first-order valence-electron chi connectivity index (χ1n) is 15.2. The van der Waals surface area contributed by atoms with Gasteiger partial charge in [0.15, 0.2) is 0 Å². The molecule has 0 saturated heterocycles. The highest BCUT2D eigenvalue weighted by atomic mass is 16.6. The quantitative estimate of drug-likeness (QED) is 0.0787. The fourth-order valence-electron chi connectivity index (χ4n) is 3.40. The van der Waals surface area contributed by atoms with E-state index in [1.54, 1.807) is 68.4 Å². The average molecular weight is 654 g/mol. The van der Waals surface area contributed by atoms with E-state index in [4.69, 9.17) is 18.9 Å². The normalized spacial score (nSPS) is 12.6. The lowest BCUT2D eigenvalue weighted by atomic mass is 10.1. The molecular weight excluding hydrogens is 598 g/mol. The standard InChI is InChI=1S/C32H55N5O9/c1-12-14-23(13-2)22-43-26(39)24(36-29(42)46-32(9,10)11)21-25(38)37(20-18-35-28(41)45-31(6,7)8)19-17-33-15-16-34-27(40)44-30(3,4)5/h12-14,24,33H,1-2,15-22H2,3-11H3,(H,34,40)(H,35,41)(H,36,42)/b23-14+. The third-order valence-electron chi connectivity index (χ3n) is 5.26. The maximum atomic E-state index is 13.5. The number of esters is 1. The van der Waals surface area contributed by atoms with Crippen LogP contribution in [-0.2, 0) is 28.5 Å². The van der Waals surface area contributed by atoms with Crippen LogP contribution in [0.1, 0.15) is 68.7 Å². The van der Waals surface area contributed by atoms with E-state index in [1.807, 2.05) is 0 Å². The summed E-state index contributed by atoms with van der Waals surface area (Å²) in [7, 11) is 0. The molecule has 1 atom stereocenters. The van der Waals surface area contributed by atoms with Crippen LogP contribution < -0.4 is 21.3 Å². The summed E-state index contributed by atoms with van der Waals surface area (Å²) in [5.41, 5.74) is -1.61. The second-order valence-electron chi connectivity index (χ2n) is 13.2. The number of amides is 4. The number of carbonyl (C=O) groups excluding carboxylic acids is 5. The van der Waals surface area contributed by atoms with Gasteiger partial charge in [0.05, 0.1) is 6.42 Å². The second kappa shape index (κ2) is 20.1. The number of rotatable bonds is 17. The van der Waals surface area contributed by atoms with Gasteiger partial charge < -0.3 is 45.1 Å². The third kappa shape index (κ3) is 22.4. The minimum absolute atomic E-state index is 0.0600. The average Bonchev–Trinajstić information content (AvgIpc) is 2.88. The SMILES string of the molecule is C=C/C=C(\C=C)COC(=O)C(CC(=O)N(CCNCCNC(=O)OC(C)(C)C)CCNC(=O)OC(C)(C)C)NC(=O)OC(C)(C)C. The molecule has 0 aliphatic heterocycles. The summed E-state index contributed by atoms with van der Waals surface area (Å²) in [5, 5.41) is 10.8. The molecular formula is C32H55N5O9. The van der Waals surface area contributed by atoms with Gasteiger partial charge in [0.25, 0.3) is 0 Å². The monoisotopic (exact) mass is 653 g/mol. The number of hydrogen-bond donors (Lipinski definition) is 4. The van der Waals surface area contributed by atoms with Crippen molar-refractivity contribution in [3.05, 3.63) is 37.0 Å². The van der Waals surface area contributed by atoms with Gasteiger partial charge in [-0.05, 0) is 67.9 Å². The largest absolute Gasteiger partial charge is 0.459 e. The molecule has 0 fully saturated rings. The maximum absolute atomic E-state index is 13.5. The zero-order valence-electron chi connectivity index (χ0n) is 29.0. The van der Waals surface area contributed by atoms with E-state index in [0.717, 1.165) is 0 Å². The number of nitrogens with one attached hydrogen (secondary N) is 4. The molecule has 14 heteroatoms. The van der Waals surface area contributed by atoms with Gasteiger partial charge in [0, 0.05) is 39.3 Å². The smallest absolute Gasteiger partial charge is 0.408 e. The summed E-state index contributed by atoms with van der Waals surface area (Å²) < 4.78 is 21.1. The Morgan fingerprint density at radius 1 is 0.717 bits per heavy atom. The van der Waals surface area contributed by atoms with Gasteiger partial charge in [-0.1, -0.05) is 31.4 Å². The lowest BCUT2D eigenvalue weighted by Crippen LogP contribution is -2.49. The summed E-state index contributed by atoms with van der Waals surface area (Å²) >= 11 is 0. The van der Waals surface area contributed by atoms with Gasteiger partial charge in [-0.3, -0.25) is 4.79 Å². The molecule has 4 amide bonds. The molecule has 0 spiro atoms. The minimum Gasteiger partial charge on any atom is -0.459 e. The van der Waals surface area contributed by atoms with Crippen LogP contribution in [0.5, 0.6) is 0 Å². The Kier molecular flexibility index (Phi) is 18.4. The molecule has 1 unspecified atom stereocenters. The van der Waals surface area contributed by atoms with Crippen LogP contribution in [0.2, 0.25) is 0 Å². The molecule has 0 heterocycles. The van der Waals surface area contributed by atoms with E-state index < -0.39 is 59.4 Å². The van der Waals surface area contributed by atoms with Gasteiger partial charge in [0.2, 0.25) is 5.91 Å². The van der Waals surface area contributed by atoms with Crippen molar-refractivity contribution >= 4 is 30.2 Å². The zero-order valence-corrected chi connectivity index (χ0v) is 29.0. The van der Waals surface area contributed by atoms with Crippen molar-refractivity contribution in [2.75, 3.05) is 45.9 Å². The highest BCUT2D eigenvalue weighted by molar-refractivity contribution is 5.88. The number of alkyl carbamates (subject to hydrolysis) is 3. The molecule has 0 bridgehead atoms. The van der Waals surface area contributed by atoms with Crippen molar-refractivity contribution in [1.29, 1.82) is 0 Å². The molecule has 262 valence electrons. The van der Waals surface area contributed by atoms with Gasteiger partial charge in [-0.2, -0.15) is 0 Å². The van der Waals surface area contributed by atoms with Crippen LogP contribution in [0.15, 0.2) is 37.0 Å². The molecule has 4 N–H and O–H groups in total. The number of ether oxygens (including phenoxy) is 4. The molecule has 0 aromatic rings. The Labute approximate surface area is 273 Å². The Morgan fingerprint density at radius 2 is 1.22 bits per heavy atom. The van der Waals surface area contributed by atoms with Crippen LogP contribution in [0.4, 0.5) is 14.4 Å². The first-order valence-corrected chi connectivity index (χ1v) is 15.2. The maximum Gasteiger partial charge on any atom is 0.408 e. The van der Waals surface area contributed by atoms with E-state index >= 15 is 0 Å². The molecule has 0 radical (unpaired) electrons. The van der Waals surface area contributed by atoms with Gasteiger partial charge in [-0.15, -0.1) is 0 Å². The second-order valence-corrected chi connectivity index (χ2v) is 13.2. The highest BCUT2D eigenvalue weighted by Gasteiger charge is 2.30. The Morgan fingerprint density at radius 3 is 1.72 bits per heavy atom. The number of hydrogen-bond acceptors (Lipinski definition) is 10. The van der Waals surface area contributed by atoms with Crippen molar-refractivity contribution < 1.29 is 42.9 Å². The minimum atomic E-state index is -1.37. The summed E-state index contributed by atoms with van der Waals surface area (Å²) in [6.07, 6.45) is 2.07. The Bertz CT molecular complexity index is 1070. The first-order chi connectivity index (χ1) is 21.2. The van der Waals surface area contributed by atoms with Crippen LogP contribution in [0.3, 0.4) is 0 Å². The molecule has 0 aliphatic rings. The van der Waals surface area contributed by atoms with Gasteiger partial charge >= 0.3 is 24.2 Å². The number of carbonyl (C=O) groups is 5. The molecule has 0 aliphatic carbocycles. The van der Waals surface area contributed by atoms with Crippen molar-refractivity contribution in [3.8, 4) is 0 Å². The topological polar surface area (TPSA) is 174 Å². The fraction of sp³-hybridized carbons (Fsp3) is 0.656. The predicted octanol–water partition coefficient (Wildman–Crippen LogP) is 3.58. The van der Waals surface area contributed by atoms with Crippen LogP contribution in [0, 0.1) is 0 Å². The van der Waals surface area contributed by atoms with Crippen LogP contribution in [-0.4, -0.2) is 104 Å². The molecule has 14 nitrogen and oxygen atoms in total. The van der Waals surface area contributed by atoms with E-state index in [9.17, 15) is 24.0 Å². The summed E-state index contributed by atoms with van der Waals surface area (Å²) in [6, 6.07) is -1.37. The van der Waals surface area contributed by atoms with E-state index in [2.05, 4.69) is 34.4 Å². The lowest BCUT2D eigenvalue weighted by Gasteiger charge is -2.27. The summed E-state index contributed by atoms with van der Waals surface area (Å²) in [5.74, 6) is -1.35. The Hall–Kier alpha value is -4.07. The van der Waals surface area contributed by atoms with E-state index in [0.29, 0.717) is 18.7 Å². The van der Waals surface area contributed by atoms with Crippen LogP contribution >= 0.6 is 0 Å². The lowest BCUT2D eigenvalue weighted by molar-refractivity contribution is -0.148. The van der Waals surface area contributed by atoms with E-state index in [1.165, 1.54) is 17.1 Å². The van der Waals surface area contributed by atoms with Crippen molar-refractivity contribution in [3.63, 3.8) is 0 Å². The summed E-state index contributed by atoms with van der Waals surface area (Å²) in [6.45, 7) is 23.9. The number of allylic oxidation sites excluding steroid dienone is 2. The zero-order chi connectivity index (χ0) is 35.6. The highest BCUT2D eigenvalue weighted by Crippen LogP contribution is 2.10. The Balaban J connectivity index is 5.60. The van der Waals surface area contributed by atoms with Crippen molar-refractivity contribution in [1.82, 2.24) is 26.2 Å². The van der Waals surface area contributed by atoms with Gasteiger partial charge in [0.1, 0.15) is 29.5 Å². The van der Waals surface area contributed by atoms with Crippen molar-refractivity contribution in [2.45, 2.75) is 91.6 Å². The van der Waals surface area contributed by atoms with Crippen LogP contribution in [0.25, 0.3) is 0 Å². The molecule has 0 saturated carbocycles. The number of nitrogens with zero attached hydrogens (tertiary/aromatic N) is 1. The summed E-state index contributed by atoms with van der Waals surface area (Å²) in [4.78, 5) is 64.5. The van der Waals surface area contributed by atoms with E-state index in [-0.39, 0.29) is 32.8 Å². The molecule has 0 rings (SSSR count). The predicted molar refractivity (Wildman–Crippen MR) is 175 cm³/mol.